The first-order valence-corrected chi connectivity index (χ1v) is 7.22. The number of carbonyl (C=O) groups is 1. The summed E-state index contributed by atoms with van der Waals surface area (Å²) in [6.45, 7) is 6.23. The molecule has 0 unspecified atom stereocenters. The first-order chi connectivity index (χ1) is 9.35. The fraction of sp³-hybridized carbons (Fsp3) is 0.588. The average molecular weight is 276 g/mol. The van der Waals surface area contributed by atoms with Crippen molar-refractivity contribution in [3.05, 3.63) is 29.8 Å². The minimum absolute atomic E-state index is 0.173. The third-order valence-corrected chi connectivity index (χ3v) is 4.69. The molecule has 1 aliphatic rings. The fourth-order valence-electron chi connectivity index (χ4n) is 3.91. The number of carboxylic acid groups (broad SMARTS) is 1. The van der Waals surface area contributed by atoms with Crippen molar-refractivity contribution in [1.82, 2.24) is 0 Å². The van der Waals surface area contributed by atoms with E-state index in [1.54, 1.807) is 7.11 Å². The van der Waals surface area contributed by atoms with E-state index in [0.29, 0.717) is 5.92 Å². The van der Waals surface area contributed by atoms with Gasteiger partial charge in [-0.25, -0.2) is 0 Å². The van der Waals surface area contributed by atoms with E-state index in [2.05, 4.69) is 32.9 Å². The second kappa shape index (κ2) is 5.47. The molecule has 3 nitrogen and oxygen atoms in total. The number of ether oxygens (including phenoxy) is 1. The third-order valence-electron chi connectivity index (χ3n) is 4.69. The van der Waals surface area contributed by atoms with Gasteiger partial charge in [0.15, 0.2) is 0 Å². The van der Waals surface area contributed by atoms with Crippen LogP contribution < -0.4 is 4.74 Å². The Morgan fingerprint density at radius 1 is 1.30 bits per heavy atom. The van der Waals surface area contributed by atoms with Crippen molar-refractivity contribution in [2.75, 3.05) is 7.11 Å². The standard InChI is InChI=1S/C17H24O3/c1-11-9-13(10-17(2,3)15(11)16(18)19)12-5-7-14(20-4)8-6-12/h5-8,11,13,15H,9-10H2,1-4H3,(H,18,19)/t11-,13-,15-/m1/s1. The van der Waals surface area contributed by atoms with Gasteiger partial charge in [-0.15, -0.1) is 0 Å². The van der Waals surface area contributed by atoms with Crippen molar-refractivity contribution in [1.29, 1.82) is 0 Å². The molecule has 1 aliphatic carbocycles. The van der Waals surface area contributed by atoms with Crippen LogP contribution in [0.2, 0.25) is 0 Å². The van der Waals surface area contributed by atoms with Gasteiger partial charge in [-0.1, -0.05) is 32.9 Å². The molecule has 0 amide bonds. The van der Waals surface area contributed by atoms with Crippen LogP contribution in [0.5, 0.6) is 5.75 Å². The highest BCUT2D eigenvalue weighted by Crippen LogP contribution is 2.50. The first kappa shape index (κ1) is 14.9. The molecule has 0 radical (unpaired) electrons. The summed E-state index contributed by atoms with van der Waals surface area (Å²) in [6.07, 6.45) is 1.85. The molecular formula is C17H24O3. The Kier molecular flexibility index (Phi) is 4.07. The highest BCUT2D eigenvalue weighted by atomic mass is 16.5. The summed E-state index contributed by atoms with van der Waals surface area (Å²) in [5.74, 6) is 0.581. The molecule has 20 heavy (non-hydrogen) atoms. The van der Waals surface area contributed by atoms with E-state index in [0.717, 1.165) is 18.6 Å². The summed E-state index contributed by atoms with van der Waals surface area (Å²) < 4.78 is 5.19. The van der Waals surface area contributed by atoms with E-state index in [-0.39, 0.29) is 17.3 Å². The Balaban J connectivity index is 2.21. The molecule has 1 N–H and O–H groups in total. The maximum Gasteiger partial charge on any atom is 0.307 e. The lowest BCUT2D eigenvalue weighted by atomic mass is 9.59. The van der Waals surface area contributed by atoms with Crippen LogP contribution >= 0.6 is 0 Å². The van der Waals surface area contributed by atoms with Crippen LogP contribution in [0.4, 0.5) is 0 Å². The summed E-state index contributed by atoms with van der Waals surface area (Å²) in [5, 5.41) is 9.45. The van der Waals surface area contributed by atoms with Crippen molar-refractivity contribution in [3.63, 3.8) is 0 Å². The fourth-order valence-corrected chi connectivity index (χ4v) is 3.91. The topological polar surface area (TPSA) is 46.5 Å². The molecule has 3 atom stereocenters. The predicted molar refractivity (Wildman–Crippen MR) is 79.0 cm³/mol. The molecule has 0 aromatic heterocycles. The molecule has 0 saturated heterocycles. The Morgan fingerprint density at radius 3 is 2.35 bits per heavy atom. The van der Waals surface area contributed by atoms with Gasteiger partial charge in [-0.3, -0.25) is 4.79 Å². The van der Waals surface area contributed by atoms with Crippen molar-refractivity contribution in [2.24, 2.45) is 17.3 Å². The summed E-state index contributed by atoms with van der Waals surface area (Å²) >= 11 is 0. The average Bonchev–Trinajstić information content (AvgIpc) is 2.36. The van der Waals surface area contributed by atoms with Crippen molar-refractivity contribution >= 4 is 5.97 Å². The van der Waals surface area contributed by atoms with Gasteiger partial charge in [-0.05, 0) is 47.8 Å². The summed E-state index contributed by atoms with van der Waals surface area (Å²) in [4.78, 5) is 11.5. The predicted octanol–water partition coefficient (Wildman–Crippen LogP) is 3.94. The Hall–Kier alpha value is -1.51. The molecule has 2 rings (SSSR count). The molecule has 1 saturated carbocycles. The summed E-state index contributed by atoms with van der Waals surface area (Å²) in [5.41, 5.74) is 1.11. The number of aliphatic carboxylic acids is 1. The van der Waals surface area contributed by atoms with Gasteiger partial charge in [0.25, 0.3) is 0 Å². The maximum atomic E-state index is 11.5. The SMILES string of the molecule is COc1ccc([C@@H]2C[C@@H](C)[C@H](C(=O)O)C(C)(C)C2)cc1. The molecule has 1 aromatic rings. The minimum atomic E-state index is -0.657. The lowest BCUT2D eigenvalue weighted by Gasteiger charge is -2.44. The summed E-state index contributed by atoms with van der Waals surface area (Å²) in [7, 11) is 1.66. The number of carboxylic acids is 1. The highest BCUT2D eigenvalue weighted by Gasteiger charge is 2.45. The van der Waals surface area contributed by atoms with Crippen LogP contribution in [-0.2, 0) is 4.79 Å². The second-order valence-corrected chi connectivity index (χ2v) is 6.69. The molecule has 0 aliphatic heterocycles. The Labute approximate surface area is 121 Å². The molecule has 0 spiro atoms. The first-order valence-electron chi connectivity index (χ1n) is 7.22. The molecular weight excluding hydrogens is 252 g/mol. The van der Waals surface area contributed by atoms with Crippen LogP contribution in [-0.4, -0.2) is 18.2 Å². The van der Waals surface area contributed by atoms with Gasteiger partial charge < -0.3 is 9.84 Å². The van der Waals surface area contributed by atoms with Crippen molar-refractivity contribution in [2.45, 2.75) is 39.5 Å². The molecule has 1 fully saturated rings. The Bertz CT molecular complexity index is 476. The zero-order valence-electron chi connectivity index (χ0n) is 12.7. The Morgan fingerprint density at radius 2 is 1.90 bits per heavy atom. The lowest BCUT2D eigenvalue weighted by Crippen LogP contribution is -2.41. The number of benzene rings is 1. The second-order valence-electron chi connectivity index (χ2n) is 6.69. The highest BCUT2D eigenvalue weighted by molar-refractivity contribution is 5.71. The molecule has 110 valence electrons. The van der Waals surface area contributed by atoms with Gasteiger partial charge in [-0.2, -0.15) is 0 Å². The van der Waals surface area contributed by atoms with E-state index < -0.39 is 5.97 Å². The molecule has 0 heterocycles. The van der Waals surface area contributed by atoms with Crippen molar-refractivity contribution in [3.8, 4) is 5.75 Å². The molecule has 3 heteroatoms. The van der Waals surface area contributed by atoms with Gasteiger partial charge >= 0.3 is 5.97 Å². The number of methoxy groups -OCH3 is 1. The minimum Gasteiger partial charge on any atom is -0.497 e. The smallest absolute Gasteiger partial charge is 0.307 e. The number of hydrogen-bond acceptors (Lipinski definition) is 2. The van der Waals surface area contributed by atoms with Crippen LogP contribution in [0, 0.1) is 17.3 Å². The van der Waals surface area contributed by atoms with Gasteiger partial charge in [0.2, 0.25) is 0 Å². The molecule has 1 aromatic carbocycles. The summed E-state index contributed by atoms with van der Waals surface area (Å²) in [6, 6.07) is 8.17. The van der Waals surface area contributed by atoms with Crippen molar-refractivity contribution < 1.29 is 14.6 Å². The zero-order valence-corrected chi connectivity index (χ0v) is 12.7. The van der Waals surface area contributed by atoms with Crippen LogP contribution in [0.25, 0.3) is 0 Å². The number of rotatable bonds is 3. The largest absolute Gasteiger partial charge is 0.497 e. The lowest BCUT2D eigenvalue weighted by molar-refractivity contribution is -0.151. The van der Waals surface area contributed by atoms with Gasteiger partial charge in [0.1, 0.15) is 5.75 Å². The van der Waals surface area contributed by atoms with Crippen LogP contribution in [0.15, 0.2) is 24.3 Å². The number of hydrogen-bond donors (Lipinski definition) is 1. The zero-order chi connectivity index (χ0) is 14.9. The third kappa shape index (κ3) is 2.82. The van der Waals surface area contributed by atoms with E-state index in [1.165, 1.54) is 5.56 Å². The van der Waals surface area contributed by atoms with Gasteiger partial charge in [0, 0.05) is 0 Å². The van der Waals surface area contributed by atoms with E-state index in [1.807, 2.05) is 12.1 Å². The maximum absolute atomic E-state index is 11.5. The quantitative estimate of drug-likeness (QED) is 0.909. The van der Waals surface area contributed by atoms with Crippen LogP contribution in [0.3, 0.4) is 0 Å². The molecule has 0 bridgehead atoms. The monoisotopic (exact) mass is 276 g/mol. The van der Waals surface area contributed by atoms with Crippen LogP contribution in [0.1, 0.15) is 45.1 Å². The van der Waals surface area contributed by atoms with E-state index >= 15 is 0 Å². The van der Waals surface area contributed by atoms with Gasteiger partial charge in [0.05, 0.1) is 13.0 Å². The van der Waals surface area contributed by atoms with E-state index in [4.69, 9.17) is 4.74 Å². The van der Waals surface area contributed by atoms with E-state index in [9.17, 15) is 9.90 Å². The normalized spacial score (nSPS) is 28.9.